The highest BCUT2D eigenvalue weighted by Gasteiger charge is 2.16. The van der Waals surface area contributed by atoms with Crippen LogP contribution in [0, 0.1) is 10.1 Å². The molecule has 0 radical (unpaired) electrons. The third-order valence-corrected chi connectivity index (χ3v) is 3.08. The molecule has 1 aromatic carbocycles. The molecule has 0 spiro atoms. The van der Waals surface area contributed by atoms with Gasteiger partial charge >= 0.3 is 0 Å². The zero-order chi connectivity index (χ0) is 15.6. The van der Waals surface area contributed by atoms with E-state index in [1.54, 1.807) is 10.8 Å². The van der Waals surface area contributed by atoms with Gasteiger partial charge in [-0.2, -0.15) is 0 Å². The first-order chi connectivity index (χ1) is 9.92. The molecule has 1 amide bonds. The van der Waals surface area contributed by atoms with Gasteiger partial charge in [0, 0.05) is 24.9 Å². The van der Waals surface area contributed by atoms with Gasteiger partial charge in [-0.15, -0.1) is 0 Å². The van der Waals surface area contributed by atoms with Gasteiger partial charge in [0.15, 0.2) is 0 Å². The van der Waals surface area contributed by atoms with Gasteiger partial charge in [-0.05, 0) is 19.1 Å². The Morgan fingerprint density at radius 3 is 2.81 bits per heavy atom. The number of hydrogen-bond acceptors (Lipinski definition) is 4. The molecule has 21 heavy (non-hydrogen) atoms. The summed E-state index contributed by atoms with van der Waals surface area (Å²) in [7, 11) is 0. The van der Waals surface area contributed by atoms with Crippen molar-refractivity contribution in [2.24, 2.45) is 0 Å². The van der Waals surface area contributed by atoms with Crippen LogP contribution in [-0.4, -0.2) is 20.5 Å². The zero-order valence-corrected chi connectivity index (χ0v) is 11.8. The van der Waals surface area contributed by atoms with Crippen molar-refractivity contribution >= 4 is 28.9 Å². The second-order valence-electron chi connectivity index (χ2n) is 4.24. The average Bonchev–Trinajstić information content (AvgIpc) is 2.82. The van der Waals surface area contributed by atoms with Crippen LogP contribution in [0.1, 0.15) is 17.4 Å². The Kier molecular flexibility index (Phi) is 4.13. The number of non-ortho nitro benzene ring substituents is 1. The SMILES string of the molecule is CCn1cc(Cl)cc1C(=O)Nc1cc([N+](=O)[O-])ccc1O. The molecule has 1 aromatic heterocycles. The van der Waals surface area contributed by atoms with E-state index in [0.717, 1.165) is 18.2 Å². The van der Waals surface area contributed by atoms with Crippen LogP contribution in [0.25, 0.3) is 0 Å². The molecule has 2 rings (SSSR count). The Balaban J connectivity index is 2.31. The number of carbonyl (C=O) groups excluding carboxylic acids is 1. The number of benzene rings is 1. The van der Waals surface area contributed by atoms with Crippen molar-refractivity contribution < 1.29 is 14.8 Å². The van der Waals surface area contributed by atoms with E-state index < -0.39 is 10.8 Å². The van der Waals surface area contributed by atoms with Gasteiger partial charge in [-0.25, -0.2) is 0 Å². The Morgan fingerprint density at radius 1 is 1.48 bits per heavy atom. The van der Waals surface area contributed by atoms with Crippen LogP contribution < -0.4 is 5.32 Å². The minimum atomic E-state index is -0.610. The number of phenolic OH excluding ortho intramolecular Hbond substituents is 1. The van der Waals surface area contributed by atoms with Crippen LogP contribution >= 0.6 is 11.6 Å². The van der Waals surface area contributed by atoms with Gasteiger partial charge in [-0.3, -0.25) is 14.9 Å². The van der Waals surface area contributed by atoms with Crippen molar-refractivity contribution in [3.8, 4) is 5.75 Å². The third-order valence-electron chi connectivity index (χ3n) is 2.88. The van der Waals surface area contributed by atoms with Crippen LogP contribution in [0.5, 0.6) is 5.75 Å². The number of nitro benzene ring substituents is 1. The number of aryl methyl sites for hydroxylation is 1. The molecule has 0 bridgehead atoms. The first-order valence-corrected chi connectivity index (χ1v) is 6.44. The number of nitrogens with zero attached hydrogens (tertiary/aromatic N) is 2. The van der Waals surface area contributed by atoms with Gasteiger partial charge in [-0.1, -0.05) is 11.6 Å². The summed E-state index contributed by atoms with van der Waals surface area (Å²) in [6.07, 6.45) is 1.60. The summed E-state index contributed by atoms with van der Waals surface area (Å²) in [4.78, 5) is 22.3. The minimum absolute atomic E-state index is 0.0332. The van der Waals surface area contributed by atoms with Crippen molar-refractivity contribution in [3.05, 3.63) is 51.3 Å². The van der Waals surface area contributed by atoms with Crippen LogP contribution in [-0.2, 0) is 6.54 Å². The molecule has 0 aliphatic rings. The fraction of sp³-hybridized carbons (Fsp3) is 0.154. The standard InChI is InChI=1S/C13H12ClN3O4/c1-2-16-7-8(14)5-11(16)13(19)15-10-6-9(17(20)21)3-4-12(10)18/h3-7,18H,2H2,1H3,(H,15,19). The monoisotopic (exact) mass is 309 g/mol. The maximum atomic E-state index is 12.2. The number of carbonyl (C=O) groups is 1. The Labute approximate surface area is 124 Å². The Hall–Kier alpha value is -2.54. The van der Waals surface area contributed by atoms with E-state index >= 15 is 0 Å². The zero-order valence-electron chi connectivity index (χ0n) is 11.0. The highest BCUT2D eigenvalue weighted by atomic mass is 35.5. The fourth-order valence-corrected chi connectivity index (χ4v) is 2.07. The van der Waals surface area contributed by atoms with E-state index in [-0.39, 0.29) is 17.1 Å². The Morgan fingerprint density at radius 2 is 2.19 bits per heavy atom. The molecule has 0 fully saturated rings. The topological polar surface area (TPSA) is 97.4 Å². The molecule has 0 saturated carbocycles. The molecule has 0 saturated heterocycles. The number of halogens is 1. The number of hydrogen-bond donors (Lipinski definition) is 2. The summed E-state index contributed by atoms with van der Waals surface area (Å²) in [5.74, 6) is -0.769. The lowest BCUT2D eigenvalue weighted by molar-refractivity contribution is -0.384. The van der Waals surface area contributed by atoms with Crippen molar-refractivity contribution in [2.45, 2.75) is 13.5 Å². The molecular formula is C13H12ClN3O4. The average molecular weight is 310 g/mol. The van der Waals surface area contributed by atoms with Gasteiger partial charge in [0.1, 0.15) is 11.4 Å². The number of nitro groups is 1. The third kappa shape index (κ3) is 3.14. The molecule has 8 heteroatoms. The smallest absolute Gasteiger partial charge is 0.272 e. The van der Waals surface area contributed by atoms with Crippen LogP contribution in [0.3, 0.4) is 0 Å². The van der Waals surface area contributed by atoms with Crippen LogP contribution in [0.2, 0.25) is 5.02 Å². The van der Waals surface area contributed by atoms with Crippen LogP contribution in [0.4, 0.5) is 11.4 Å². The van der Waals surface area contributed by atoms with E-state index in [0.29, 0.717) is 17.3 Å². The molecule has 0 aliphatic heterocycles. The highest BCUT2D eigenvalue weighted by molar-refractivity contribution is 6.31. The number of nitrogens with one attached hydrogen (secondary N) is 1. The first kappa shape index (κ1) is 14.9. The van der Waals surface area contributed by atoms with E-state index in [2.05, 4.69) is 5.32 Å². The number of rotatable bonds is 4. The summed E-state index contributed by atoms with van der Waals surface area (Å²) in [6, 6.07) is 4.87. The molecule has 0 aliphatic carbocycles. The summed E-state index contributed by atoms with van der Waals surface area (Å²) in [5.41, 5.74) is 0.0367. The molecule has 110 valence electrons. The molecule has 0 atom stereocenters. The van der Waals surface area contributed by atoms with Gasteiger partial charge in [0.05, 0.1) is 15.6 Å². The molecule has 7 nitrogen and oxygen atoms in total. The maximum absolute atomic E-state index is 12.2. The maximum Gasteiger partial charge on any atom is 0.272 e. The van der Waals surface area contributed by atoms with Gasteiger partial charge in [0.25, 0.3) is 11.6 Å². The number of aromatic hydroxyl groups is 1. The predicted molar refractivity (Wildman–Crippen MR) is 77.8 cm³/mol. The fourth-order valence-electron chi connectivity index (χ4n) is 1.85. The highest BCUT2D eigenvalue weighted by Crippen LogP contribution is 2.28. The van der Waals surface area contributed by atoms with Gasteiger partial charge in [0.2, 0.25) is 0 Å². The van der Waals surface area contributed by atoms with E-state index in [1.165, 1.54) is 6.07 Å². The van der Waals surface area contributed by atoms with Crippen molar-refractivity contribution in [1.82, 2.24) is 4.57 Å². The van der Waals surface area contributed by atoms with Gasteiger partial charge < -0.3 is 15.0 Å². The van der Waals surface area contributed by atoms with Crippen molar-refractivity contribution in [3.63, 3.8) is 0 Å². The van der Waals surface area contributed by atoms with Crippen molar-refractivity contribution in [1.29, 1.82) is 0 Å². The van der Waals surface area contributed by atoms with E-state index in [9.17, 15) is 20.0 Å². The minimum Gasteiger partial charge on any atom is -0.506 e. The summed E-state index contributed by atoms with van der Waals surface area (Å²) in [6.45, 7) is 2.38. The predicted octanol–water partition coefficient (Wildman–Crippen LogP) is 3.03. The number of aromatic nitrogens is 1. The molecule has 0 unspecified atom stereocenters. The molecule has 1 heterocycles. The first-order valence-electron chi connectivity index (χ1n) is 6.06. The Bertz CT molecular complexity index is 711. The lowest BCUT2D eigenvalue weighted by Gasteiger charge is -2.09. The largest absolute Gasteiger partial charge is 0.506 e. The lowest BCUT2D eigenvalue weighted by Crippen LogP contribution is -2.16. The van der Waals surface area contributed by atoms with Crippen LogP contribution in [0.15, 0.2) is 30.5 Å². The molecule has 2 N–H and O–H groups in total. The summed E-state index contributed by atoms with van der Waals surface area (Å²) >= 11 is 5.85. The molecule has 2 aromatic rings. The second-order valence-corrected chi connectivity index (χ2v) is 4.68. The molecular weight excluding hydrogens is 298 g/mol. The van der Waals surface area contributed by atoms with E-state index in [1.807, 2.05) is 6.92 Å². The number of phenols is 1. The normalized spacial score (nSPS) is 10.4. The van der Waals surface area contributed by atoms with Crippen molar-refractivity contribution in [2.75, 3.05) is 5.32 Å². The summed E-state index contributed by atoms with van der Waals surface area (Å²) < 4.78 is 1.63. The quantitative estimate of drug-likeness (QED) is 0.515. The number of amides is 1. The van der Waals surface area contributed by atoms with E-state index in [4.69, 9.17) is 11.6 Å². The lowest BCUT2D eigenvalue weighted by atomic mass is 10.2. The number of anilines is 1. The summed E-state index contributed by atoms with van der Waals surface area (Å²) in [5, 5.41) is 23.2. The second kappa shape index (κ2) is 5.84.